The summed E-state index contributed by atoms with van der Waals surface area (Å²) in [6.07, 6.45) is 1.66. The van der Waals surface area contributed by atoms with Gasteiger partial charge in [0.25, 0.3) is 0 Å². The number of amides is 1. The molecule has 0 aromatic rings. The van der Waals surface area contributed by atoms with E-state index in [4.69, 9.17) is 10.5 Å². The third kappa shape index (κ3) is 3.66. The van der Waals surface area contributed by atoms with Crippen LogP contribution in [0.4, 0.5) is 0 Å². The predicted molar refractivity (Wildman–Crippen MR) is 65.6 cm³/mol. The van der Waals surface area contributed by atoms with Crippen LogP contribution in [0.25, 0.3) is 0 Å². The number of rotatable bonds is 5. The van der Waals surface area contributed by atoms with Crippen molar-refractivity contribution in [3.8, 4) is 0 Å². The topological polar surface area (TPSA) is 67.6 Å². The molecule has 0 aromatic carbocycles. The molecule has 1 aliphatic heterocycles. The molecule has 1 unspecified atom stereocenters. The molecule has 17 heavy (non-hydrogen) atoms. The Balaban J connectivity index is 1.63. The van der Waals surface area contributed by atoms with Crippen molar-refractivity contribution in [2.75, 3.05) is 39.4 Å². The largest absolute Gasteiger partial charge is 0.379 e. The average Bonchev–Trinajstić information content (AvgIpc) is 3.07. The van der Waals surface area contributed by atoms with Crippen LogP contribution in [0.1, 0.15) is 19.8 Å². The summed E-state index contributed by atoms with van der Waals surface area (Å²) >= 11 is 0. The summed E-state index contributed by atoms with van der Waals surface area (Å²) in [7, 11) is 0. The van der Waals surface area contributed by atoms with Crippen LogP contribution in [0.5, 0.6) is 0 Å². The van der Waals surface area contributed by atoms with Crippen LogP contribution in [0, 0.1) is 5.92 Å². The highest BCUT2D eigenvalue weighted by atomic mass is 16.5. The Hall–Kier alpha value is -0.650. The molecule has 1 amide bonds. The maximum absolute atomic E-state index is 11.7. The Morgan fingerprint density at radius 3 is 2.71 bits per heavy atom. The standard InChI is InChI=1S/C12H23N3O2/c1-10(9-15-4-6-17-7-5-15)8-14-11(16)12(13)2-3-12/h10H,2-9,13H2,1H3,(H,14,16). The highest BCUT2D eigenvalue weighted by Gasteiger charge is 2.45. The van der Waals surface area contributed by atoms with Gasteiger partial charge in [-0.3, -0.25) is 9.69 Å². The van der Waals surface area contributed by atoms with Gasteiger partial charge in [-0.1, -0.05) is 6.92 Å². The monoisotopic (exact) mass is 241 g/mol. The molecule has 0 bridgehead atoms. The molecule has 2 rings (SSSR count). The number of hydrogen-bond donors (Lipinski definition) is 2. The lowest BCUT2D eigenvalue weighted by atomic mass is 10.1. The number of hydrogen-bond acceptors (Lipinski definition) is 4. The van der Waals surface area contributed by atoms with Crippen molar-refractivity contribution in [3.05, 3.63) is 0 Å². The van der Waals surface area contributed by atoms with E-state index < -0.39 is 5.54 Å². The summed E-state index contributed by atoms with van der Waals surface area (Å²) in [4.78, 5) is 14.0. The lowest BCUT2D eigenvalue weighted by molar-refractivity contribution is -0.123. The van der Waals surface area contributed by atoms with Crippen LogP contribution >= 0.6 is 0 Å². The molecule has 5 heteroatoms. The minimum Gasteiger partial charge on any atom is -0.379 e. The fourth-order valence-corrected chi connectivity index (χ4v) is 2.09. The summed E-state index contributed by atoms with van der Waals surface area (Å²) < 4.78 is 5.30. The minimum absolute atomic E-state index is 0.0197. The molecule has 1 aliphatic carbocycles. The number of nitrogens with one attached hydrogen (secondary N) is 1. The normalized spacial score (nSPS) is 25.3. The number of carbonyl (C=O) groups is 1. The molecule has 0 spiro atoms. The van der Waals surface area contributed by atoms with Gasteiger partial charge < -0.3 is 15.8 Å². The predicted octanol–water partition coefficient (Wildman–Crippen LogP) is -0.438. The van der Waals surface area contributed by atoms with Crippen molar-refractivity contribution in [2.45, 2.75) is 25.3 Å². The van der Waals surface area contributed by atoms with Gasteiger partial charge in [-0.25, -0.2) is 0 Å². The number of morpholine rings is 1. The molecule has 1 saturated carbocycles. The number of nitrogens with zero attached hydrogens (tertiary/aromatic N) is 1. The second-order valence-corrected chi connectivity index (χ2v) is 5.38. The Bertz CT molecular complexity index is 273. The van der Waals surface area contributed by atoms with E-state index in [0.29, 0.717) is 5.92 Å². The van der Waals surface area contributed by atoms with Crippen LogP contribution in [-0.2, 0) is 9.53 Å². The van der Waals surface area contributed by atoms with Crippen molar-refractivity contribution in [3.63, 3.8) is 0 Å². The van der Waals surface area contributed by atoms with Crippen LogP contribution in [0.3, 0.4) is 0 Å². The zero-order valence-corrected chi connectivity index (χ0v) is 10.6. The molecule has 1 heterocycles. The lowest BCUT2D eigenvalue weighted by Crippen LogP contribution is -2.46. The molecule has 5 nitrogen and oxygen atoms in total. The zero-order chi connectivity index (χ0) is 12.3. The molecule has 2 aliphatic rings. The van der Waals surface area contributed by atoms with Crippen LogP contribution < -0.4 is 11.1 Å². The smallest absolute Gasteiger partial charge is 0.240 e. The number of carbonyl (C=O) groups excluding carboxylic acids is 1. The van der Waals surface area contributed by atoms with Gasteiger partial charge in [0.2, 0.25) is 5.91 Å². The van der Waals surface area contributed by atoms with E-state index in [-0.39, 0.29) is 5.91 Å². The molecular weight excluding hydrogens is 218 g/mol. The maximum atomic E-state index is 11.7. The van der Waals surface area contributed by atoms with Crippen molar-refractivity contribution >= 4 is 5.91 Å². The van der Waals surface area contributed by atoms with Crippen LogP contribution in [-0.4, -0.2) is 55.7 Å². The fraction of sp³-hybridized carbons (Fsp3) is 0.917. The van der Waals surface area contributed by atoms with E-state index in [9.17, 15) is 4.79 Å². The highest BCUT2D eigenvalue weighted by molar-refractivity contribution is 5.88. The van der Waals surface area contributed by atoms with E-state index >= 15 is 0 Å². The average molecular weight is 241 g/mol. The molecule has 2 fully saturated rings. The quantitative estimate of drug-likeness (QED) is 0.685. The number of ether oxygens (including phenoxy) is 1. The maximum Gasteiger partial charge on any atom is 0.240 e. The van der Waals surface area contributed by atoms with Crippen molar-refractivity contribution in [1.82, 2.24) is 10.2 Å². The summed E-state index contributed by atoms with van der Waals surface area (Å²) in [5, 5.41) is 2.95. The highest BCUT2D eigenvalue weighted by Crippen LogP contribution is 2.32. The first-order chi connectivity index (χ1) is 8.10. The van der Waals surface area contributed by atoms with Crippen molar-refractivity contribution in [2.24, 2.45) is 11.7 Å². The van der Waals surface area contributed by atoms with Crippen molar-refractivity contribution < 1.29 is 9.53 Å². The number of nitrogens with two attached hydrogens (primary N) is 1. The summed E-state index contributed by atoms with van der Waals surface area (Å²) in [5.74, 6) is 0.478. The Kier molecular flexibility index (Phi) is 4.01. The van der Waals surface area contributed by atoms with Crippen molar-refractivity contribution in [1.29, 1.82) is 0 Å². The van der Waals surface area contributed by atoms with E-state index in [1.54, 1.807) is 0 Å². The van der Waals surface area contributed by atoms with E-state index in [1.807, 2.05) is 0 Å². The molecular formula is C12H23N3O2. The Labute approximate surface area is 103 Å². The lowest BCUT2D eigenvalue weighted by Gasteiger charge is -2.29. The molecule has 0 aromatic heterocycles. The van der Waals surface area contributed by atoms with Gasteiger partial charge in [0.1, 0.15) is 0 Å². The second-order valence-electron chi connectivity index (χ2n) is 5.38. The van der Waals surface area contributed by atoms with Gasteiger partial charge in [0.05, 0.1) is 18.8 Å². The first-order valence-electron chi connectivity index (χ1n) is 6.47. The van der Waals surface area contributed by atoms with Gasteiger partial charge in [-0.15, -0.1) is 0 Å². The summed E-state index contributed by atoms with van der Waals surface area (Å²) in [5.41, 5.74) is 5.28. The summed E-state index contributed by atoms with van der Waals surface area (Å²) in [6, 6.07) is 0. The van der Waals surface area contributed by atoms with E-state index in [2.05, 4.69) is 17.1 Å². The Morgan fingerprint density at radius 1 is 1.47 bits per heavy atom. The van der Waals surface area contributed by atoms with E-state index in [0.717, 1.165) is 52.2 Å². The van der Waals surface area contributed by atoms with E-state index in [1.165, 1.54) is 0 Å². The van der Waals surface area contributed by atoms with Gasteiger partial charge >= 0.3 is 0 Å². The molecule has 3 N–H and O–H groups in total. The molecule has 1 saturated heterocycles. The fourth-order valence-electron chi connectivity index (χ4n) is 2.09. The minimum atomic E-state index is -0.543. The summed E-state index contributed by atoms with van der Waals surface area (Å²) in [6.45, 7) is 7.54. The molecule has 0 radical (unpaired) electrons. The zero-order valence-electron chi connectivity index (χ0n) is 10.6. The Morgan fingerprint density at radius 2 is 2.12 bits per heavy atom. The molecule has 1 atom stereocenters. The van der Waals surface area contributed by atoms with Gasteiger partial charge in [0, 0.05) is 26.2 Å². The molecule has 98 valence electrons. The van der Waals surface area contributed by atoms with Gasteiger partial charge in [-0.05, 0) is 18.8 Å². The van der Waals surface area contributed by atoms with Gasteiger partial charge in [0.15, 0.2) is 0 Å². The third-order valence-corrected chi connectivity index (χ3v) is 3.53. The van der Waals surface area contributed by atoms with Crippen LogP contribution in [0.15, 0.2) is 0 Å². The first-order valence-corrected chi connectivity index (χ1v) is 6.47. The third-order valence-electron chi connectivity index (χ3n) is 3.53. The first kappa shape index (κ1) is 12.8. The SMILES string of the molecule is CC(CNC(=O)C1(N)CC1)CN1CCOCC1. The van der Waals surface area contributed by atoms with Gasteiger partial charge in [-0.2, -0.15) is 0 Å². The van der Waals surface area contributed by atoms with Crippen LogP contribution in [0.2, 0.25) is 0 Å². The second kappa shape index (κ2) is 5.33.